The van der Waals surface area contributed by atoms with Crippen molar-refractivity contribution < 1.29 is 23.1 Å². The first-order valence-corrected chi connectivity index (χ1v) is 7.46. The molecule has 1 aromatic rings. The number of nitrogens with zero attached hydrogens (tertiary/aromatic N) is 1. The second-order valence-electron chi connectivity index (χ2n) is 4.64. The molecule has 0 spiro atoms. The lowest BCUT2D eigenvalue weighted by Gasteiger charge is -2.05. The highest BCUT2D eigenvalue weighted by atomic mass is 32.2. The Morgan fingerprint density at radius 1 is 1.45 bits per heavy atom. The molecule has 0 radical (unpaired) electrons. The van der Waals surface area contributed by atoms with Crippen LogP contribution in [-0.4, -0.2) is 42.6 Å². The molecule has 0 atom stereocenters. The van der Waals surface area contributed by atoms with Gasteiger partial charge in [-0.3, -0.25) is 4.79 Å². The molecule has 1 fully saturated rings. The van der Waals surface area contributed by atoms with E-state index in [-0.39, 0.29) is 23.2 Å². The topological polar surface area (TPSA) is 118 Å². The molecule has 1 aliphatic carbocycles. The predicted molar refractivity (Wildman–Crippen MR) is 68.7 cm³/mol. The van der Waals surface area contributed by atoms with Crippen LogP contribution in [0.1, 0.15) is 23.3 Å². The van der Waals surface area contributed by atoms with E-state index >= 15 is 0 Å². The van der Waals surface area contributed by atoms with Crippen molar-refractivity contribution in [3.8, 4) is 0 Å². The first kappa shape index (κ1) is 14.5. The molecule has 0 unspecified atom stereocenters. The molecule has 3 N–H and O–H groups in total. The Balaban J connectivity index is 2.03. The van der Waals surface area contributed by atoms with E-state index in [1.807, 2.05) is 0 Å². The van der Waals surface area contributed by atoms with Crippen LogP contribution >= 0.6 is 0 Å². The number of rotatable bonds is 6. The van der Waals surface area contributed by atoms with Gasteiger partial charge in [-0.2, -0.15) is 0 Å². The van der Waals surface area contributed by atoms with Crippen molar-refractivity contribution in [2.24, 2.45) is 7.05 Å². The van der Waals surface area contributed by atoms with E-state index in [0.717, 1.165) is 18.9 Å². The number of carbonyl (C=O) groups excluding carboxylic acids is 1. The lowest BCUT2D eigenvalue weighted by Crippen LogP contribution is -2.37. The van der Waals surface area contributed by atoms with Gasteiger partial charge in [0, 0.05) is 19.3 Å². The lowest BCUT2D eigenvalue weighted by molar-refractivity contribution is -0.120. The van der Waals surface area contributed by atoms with E-state index in [1.165, 1.54) is 17.8 Å². The quantitative estimate of drug-likeness (QED) is 0.641. The van der Waals surface area contributed by atoms with E-state index in [0.29, 0.717) is 0 Å². The summed E-state index contributed by atoms with van der Waals surface area (Å²) in [5.74, 6) is -1.62. The van der Waals surface area contributed by atoms with Crippen molar-refractivity contribution in [2.45, 2.75) is 23.8 Å². The van der Waals surface area contributed by atoms with Gasteiger partial charge in [-0.25, -0.2) is 17.9 Å². The number of nitrogens with one attached hydrogen (secondary N) is 2. The van der Waals surface area contributed by atoms with Gasteiger partial charge in [0.2, 0.25) is 15.9 Å². The summed E-state index contributed by atoms with van der Waals surface area (Å²) in [6.45, 7) is -0.365. The Morgan fingerprint density at radius 3 is 2.60 bits per heavy atom. The standard InChI is InChI=1S/C11H15N3O5S/c1-14-6-8(4-9(14)11(16)17)20(18,19)12-5-10(15)13-7-2-3-7/h4,6-7,12H,2-3,5H2,1H3,(H,13,15)(H,16,17). The molecular formula is C11H15N3O5S. The fourth-order valence-electron chi connectivity index (χ4n) is 1.64. The predicted octanol–water partition coefficient (Wildman–Crippen LogP) is -0.720. The summed E-state index contributed by atoms with van der Waals surface area (Å²) in [4.78, 5) is 22.1. The molecule has 1 aromatic heterocycles. The molecular weight excluding hydrogens is 286 g/mol. The van der Waals surface area contributed by atoms with Crippen LogP contribution in [0.15, 0.2) is 17.2 Å². The van der Waals surface area contributed by atoms with Crippen LogP contribution in [0.5, 0.6) is 0 Å². The normalized spacial score (nSPS) is 15.1. The van der Waals surface area contributed by atoms with Gasteiger partial charge in [-0.05, 0) is 18.9 Å². The number of carboxylic acid groups (broad SMARTS) is 1. The molecule has 0 aromatic carbocycles. The zero-order chi connectivity index (χ0) is 14.9. The number of hydrogen-bond donors (Lipinski definition) is 3. The summed E-state index contributed by atoms with van der Waals surface area (Å²) in [5, 5.41) is 11.5. The van der Waals surface area contributed by atoms with E-state index in [1.54, 1.807) is 0 Å². The number of carbonyl (C=O) groups is 2. The molecule has 1 aliphatic rings. The van der Waals surface area contributed by atoms with Crippen LogP contribution in [0.4, 0.5) is 0 Å². The van der Waals surface area contributed by atoms with Gasteiger partial charge in [-0.1, -0.05) is 0 Å². The monoisotopic (exact) mass is 301 g/mol. The van der Waals surface area contributed by atoms with Gasteiger partial charge in [0.1, 0.15) is 10.6 Å². The molecule has 1 amide bonds. The molecule has 2 rings (SSSR count). The summed E-state index contributed by atoms with van der Waals surface area (Å²) in [6, 6.07) is 1.20. The molecule has 0 aliphatic heterocycles. The molecule has 0 bridgehead atoms. The second-order valence-corrected chi connectivity index (χ2v) is 6.41. The Labute approximate surface area is 115 Å². The van der Waals surface area contributed by atoms with Crippen LogP contribution < -0.4 is 10.0 Å². The minimum absolute atomic E-state index is 0.146. The van der Waals surface area contributed by atoms with Gasteiger partial charge in [0.05, 0.1) is 6.54 Å². The number of carboxylic acids is 1. The number of hydrogen-bond acceptors (Lipinski definition) is 4. The summed E-state index contributed by atoms with van der Waals surface area (Å²) < 4.78 is 27.2. The third kappa shape index (κ3) is 3.36. The average molecular weight is 301 g/mol. The Bertz CT molecular complexity index is 645. The molecule has 20 heavy (non-hydrogen) atoms. The highest BCUT2D eigenvalue weighted by Gasteiger charge is 2.25. The maximum Gasteiger partial charge on any atom is 0.352 e. The number of aromatic carboxylic acids is 1. The van der Waals surface area contributed by atoms with Gasteiger partial charge < -0.3 is 15.0 Å². The van der Waals surface area contributed by atoms with E-state index in [2.05, 4.69) is 10.0 Å². The molecule has 1 saturated carbocycles. The lowest BCUT2D eigenvalue weighted by atomic mass is 10.4. The second kappa shape index (κ2) is 5.25. The van der Waals surface area contributed by atoms with Crippen LogP contribution in [0, 0.1) is 0 Å². The first-order valence-electron chi connectivity index (χ1n) is 5.98. The molecule has 9 heteroatoms. The number of aryl methyl sites for hydroxylation is 1. The maximum absolute atomic E-state index is 11.9. The first-order chi connectivity index (χ1) is 9.29. The Morgan fingerprint density at radius 2 is 2.10 bits per heavy atom. The third-order valence-electron chi connectivity index (χ3n) is 2.87. The number of sulfonamides is 1. The van der Waals surface area contributed by atoms with Crippen molar-refractivity contribution in [1.82, 2.24) is 14.6 Å². The van der Waals surface area contributed by atoms with Crippen molar-refractivity contribution in [3.63, 3.8) is 0 Å². The zero-order valence-corrected chi connectivity index (χ0v) is 11.6. The Kier molecular flexibility index (Phi) is 3.82. The summed E-state index contributed by atoms with van der Waals surface area (Å²) in [6.07, 6.45) is 3.02. The van der Waals surface area contributed by atoms with Gasteiger partial charge >= 0.3 is 5.97 Å². The van der Waals surface area contributed by atoms with E-state index < -0.39 is 21.9 Å². The van der Waals surface area contributed by atoms with Crippen LogP contribution in [-0.2, 0) is 21.9 Å². The summed E-state index contributed by atoms with van der Waals surface area (Å²) >= 11 is 0. The van der Waals surface area contributed by atoms with Gasteiger partial charge in [0.25, 0.3) is 0 Å². The molecule has 1 heterocycles. The fraction of sp³-hybridized carbons (Fsp3) is 0.455. The fourth-order valence-corrected chi connectivity index (χ4v) is 2.70. The molecule has 110 valence electrons. The zero-order valence-electron chi connectivity index (χ0n) is 10.8. The van der Waals surface area contributed by atoms with Crippen LogP contribution in [0.2, 0.25) is 0 Å². The van der Waals surface area contributed by atoms with Crippen molar-refractivity contribution >= 4 is 21.9 Å². The summed E-state index contributed by atoms with van der Waals surface area (Å²) in [5.41, 5.74) is -0.146. The number of amides is 1. The highest BCUT2D eigenvalue weighted by molar-refractivity contribution is 7.89. The van der Waals surface area contributed by atoms with Crippen molar-refractivity contribution in [1.29, 1.82) is 0 Å². The maximum atomic E-state index is 11.9. The molecule has 8 nitrogen and oxygen atoms in total. The van der Waals surface area contributed by atoms with E-state index in [4.69, 9.17) is 5.11 Å². The van der Waals surface area contributed by atoms with Crippen LogP contribution in [0.25, 0.3) is 0 Å². The smallest absolute Gasteiger partial charge is 0.352 e. The third-order valence-corrected chi connectivity index (χ3v) is 4.24. The van der Waals surface area contributed by atoms with Gasteiger partial charge in [-0.15, -0.1) is 0 Å². The largest absolute Gasteiger partial charge is 0.477 e. The summed E-state index contributed by atoms with van der Waals surface area (Å²) in [7, 11) is -2.47. The highest BCUT2D eigenvalue weighted by Crippen LogP contribution is 2.18. The van der Waals surface area contributed by atoms with Crippen molar-refractivity contribution in [3.05, 3.63) is 18.0 Å². The minimum atomic E-state index is -3.90. The molecule has 0 saturated heterocycles. The SMILES string of the molecule is Cn1cc(S(=O)(=O)NCC(=O)NC2CC2)cc1C(=O)O. The van der Waals surface area contributed by atoms with E-state index in [9.17, 15) is 18.0 Å². The van der Waals surface area contributed by atoms with Crippen molar-refractivity contribution in [2.75, 3.05) is 6.54 Å². The Hall–Kier alpha value is -1.87. The average Bonchev–Trinajstić information content (AvgIpc) is 3.06. The number of aromatic nitrogens is 1. The van der Waals surface area contributed by atoms with Crippen LogP contribution in [0.3, 0.4) is 0 Å². The van der Waals surface area contributed by atoms with Gasteiger partial charge in [0.15, 0.2) is 0 Å². The minimum Gasteiger partial charge on any atom is -0.477 e.